The first-order valence-electron chi connectivity index (χ1n) is 9.11. The number of nitrogens with zero attached hydrogens (tertiary/aromatic N) is 3. The third-order valence-corrected chi connectivity index (χ3v) is 4.92. The summed E-state index contributed by atoms with van der Waals surface area (Å²) in [4.78, 5) is 30.4. The number of hydrogen-bond acceptors (Lipinski definition) is 6. The normalized spacial score (nSPS) is 18.3. The number of ether oxygens (including phenoxy) is 1. The predicted octanol–water partition coefficient (Wildman–Crippen LogP) is 3.13. The molecule has 28 heavy (non-hydrogen) atoms. The van der Waals surface area contributed by atoms with Crippen LogP contribution in [0.2, 0.25) is 0 Å². The van der Waals surface area contributed by atoms with Gasteiger partial charge >= 0.3 is 5.97 Å². The summed E-state index contributed by atoms with van der Waals surface area (Å²) in [6, 6.07) is 14.6. The molecule has 2 unspecified atom stereocenters. The van der Waals surface area contributed by atoms with Crippen LogP contribution >= 0.6 is 0 Å². The van der Waals surface area contributed by atoms with Crippen LogP contribution < -0.4 is 5.32 Å². The topological polar surface area (TPSA) is 86.1 Å². The number of aryl methyl sites for hydroxylation is 1. The van der Waals surface area contributed by atoms with Gasteiger partial charge in [-0.1, -0.05) is 36.4 Å². The van der Waals surface area contributed by atoms with Gasteiger partial charge in [0.1, 0.15) is 18.1 Å². The second kappa shape index (κ2) is 7.26. The lowest BCUT2D eigenvalue weighted by atomic mass is 9.80. The number of hydrogen-bond donors (Lipinski definition) is 1. The summed E-state index contributed by atoms with van der Waals surface area (Å²) in [5, 5.41) is 7.57. The molecule has 2 aromatic carbocycles. The highest BCUT2D eigenvalue weighted by atomic mass is 16.5. The van der Waals surface area contributed by atoms with Crippen molar-refractivity contribution in [3.05, 3.63) is 77.4 Å². The Kier molecular flexibility index (Phi) is 4.65. The first-order valence-corrected chi connectivity index (χ1v) is 9.11. The molecule has 1 N–H and O–H groups in total. The fourth-order valence-electron chi connectivity index (χ4n) is 3.66. The molecule has 0 fully saturated rings. The van der Waals surface area contributed by atoms with Gasteiger partial charge in [-0.3, -0.25) is 9.48 Å². The van der Waals surface area contributed by atoms with Gasteiger partial charge in [0.2, 0.25) is 0 Å². The Balaban J connectivity index is 1.89. The maximum absolute atomic E-state index is 13.7. The van der Waals surface area contributed by atoms with Crippen molar-refractivity contribution in [3.63, 3.8) is 0 Å². The summed E-state index contributed by atoms with van der Waals surface area (Å²) in [7, 11) is 1.75. The van der Waals surface area contributed by atoms with E-state index in [-0.39, 0.29) is 24.0 Å². The first kappa shape index (κ1) is 17.9. The second-order valence-electron chi connectivity index (χ2n) is 6.57. The molecular weight excluding hydrogens is 356 g/mol. The molecule has 2 heterocycles. The Bertz CT molecular complexity index is 1030. The lowest BCUT2D eigenvalue weighted by Crippen LogP contribution is -2.35. The number of carbonyl (C=O) groups excluding carboxylic acids is 2. The molecule has 3 aromatic rings. The third-order valence-electron chi connectivity index (χ3n) is 4.92. The zero-order valence-corrected chi connectivity index (χ0v) is 15.6. The van der Waals surface area contributed by atoms with Crippen LogP contribution in [0, 0.1) is 0 Å². The fourth-order valence-corrected chi connectivity index (χ4v) is 3.66. The van der Waals surface area contributed by atoms with Crippen molar-refractivity contribution >= 4 is 17.4 Å². The minimum atomic E-state index is -0.627. The summed E-state index contributed by atoms with van der Waals surface area (Å²) in [6.07, 6.45) is 1.43. The van der Waals surface area contributed by atoms with Gasteiger partial charge in [0, 0.05) is 12.7 Å². The molecule has 0 bridgehead atoms. The standard InChI is InChI=1S/C21H20N4O3/c1-3-28-21(27)14-10-7-11-15-16(14)19(26)17(20-22-12-23-25(20)2)18(24-15)13-8-5-4-6-9-13/h4-12,17-18,24H,3H2,1-2H3. The van der Waals surface area contributed by atoms with Crippen LogP contribution in [0.5, 0.6) is 0 Å². The lowest BCUT2D eigenvalue weighted by Gasteiger charge is -2.34. The van der Waals surface area contributed by atoms with E-state index in [4.69, 9.17) is 4.74 Å². The van der Waals surface area contributed by atoms with Gasteiger partial charge in [0.15, 0.2) is 5.78 Å². The monoisotopic (exact) mass is 376 g/mol. The van der Waals surface area contributed by atoms with E-state index >= 15 is 0 Å². The largest absolute Gasteiger partial charge is 0.462 e. The maximum atomic E-state index is 13.7. The Morgan fingerprint density at radius 3 is 2.64 bits per heavy atom. The van der Waals surface area contributed by atoms with Gasteiger partial charge in [0.25, 0.3) is 0 Å². The molecule has 4 rings (SSSR count). The van der Waals surface area contributed by atoms with Crippen LogP contribution in [0.15, 0.2) is 54.9 Å². The van der Waals surface area contributed by atoms with E-state index in [1.807, 2.05) is 30.3 Å². The summed E-state index contributed by atoms with van der Waals surface area (Å²) in [5.74, 6) is -0.777. The van der Waals surface area contributed by atoms with E-state index < -0.39 is 11.9 Å². The number of carbonyl (C=O) groups is 2. The highest BCUT2D eigenvalue weighted by Crippen LogP contribution is 2.42. The van der Waals surface area contributed by atoms with E-state index in [1.54, 1.807) is 36.9 Å². The molecule has 0 spiro atoms. The SMILES string of the molecule is CCOC(=O)c1cccc2c1C(=O)C(c1ncnn1C)C(c1ccccc1)N2. The maximum Gasteiger partial charge on any atom is 0.338 e. The molecule has 1 aliphatic rings. The molecule has 1 aliphatic heterocycles. The van der Waals surface area contributed by atoms with Crippen LogP contribution in [0.25, 0.3) is 0 Å². The average Bonchev–Trinajstić information content (AvgIpc) is 3.13. The third kappa shape index (κ3) is 2.94. The zero-order chi connectivity index (χ0) is 19.7. The Morgan fingerprint density at radius 2 is 1.96 bits per heavy atom. The number of esters is 1. The van der Waals surface area contributed by atoms with E-state index in [2.05, 4.69) is 15.4 Å². The number of anilines is 1. The molecule has 0 amide bonds. The summed E-state index contributed by atoms with van der Waals surface area (Å²) < 4.78 is 6.75. The Labute approximate surface area is 162 Å². The summed E-state index contributed by atoms with van der Waals surface area (Å²) in [5.41, 5.74) is 2.16. The van der Waals surface area contributed by atoms with Gasteiger partial charge in [-0.15, -0.1) is 0 Å². The van der Waals surface area contributed by atoms with Crippen molar-refractivity contribution in [3.8, 4) is 0 Å². The van der Waals surface area contributed by atoms with Gasteiger partial charge < -0.3 is 10.1 Å². The molecule has 0 saturated heterocycles. The second-order valence-corrected chi connectivity index (χ2v) is 6.57. The van der Waals surface area contributed by atoms with Gasteiger partial charge in [-0.05, 0) is 24.6 Å². The number of fused-ring (bicyclic) bond motifs is 1. The van der Waals surface area contributed by atoms with Crippen LogP contribution in [0.3, 0.4) is 0 Å². The smallest absolute Gasteiger partial charge is 0.338 e. The van der Waals surface area contributed by atoms with Crippen LogP contribution in [-0.2, 0) is 11.8 Å². The summed E-state index contributed by atoms with van der Waals surface area (Å²) >= 11 is 0. The Hall–Kier alpha value is -3.48. The average molecular weight is 376 g/mol. The van der Waals surface area contributed by atoms with Gasteiger partial charge in [-0.2, -0.15) is 5.10 Å². The highest BCUT2D eigenvalue weighted by molar-refractivity contribution is 6.14. The Morgan fingerprint density at radius 1 is 1.18 bits per heavy atom. The highest BCUT2D eigenvalue weighted by Gasteiger charge is 2.41. The molecule has 7 nitrogen and oxygen atoms in total. The van der Waals surface area contributed by atoms with E-state index in [0.717, 1.165) is 5.56 Å². The van der Waals surface area contributed by atoms with Crippen molar-refractivity contribution in [1.29, 1.82) is 0 Å². The number of benzene rings is 2. The van der Waals surface area contributed by atoms with Gasteiger partial charge in [-0.25, -0.2) is 9.78 Å². The number of Topliss-reactive ketones (excluding diaryl/α,β-unsaturated/α-hetero) is 1. The van der Waals surface area contributed by atoms with Gasteiger partial charge in [0.05, 0.1) is 23.8 Å². The van der Waals surface area contributed by atoms with Crippen molar-refractivity contribution in [2.75, 3.05) is 11.9 Å². The van der Waals surface area contributed by atoms with Crippen LogP contribution in [0.1, 0.15) is 51.0 Å². The van der Waals surface area contributed by atoms with E-state index in [1.165, 1.54) is 6.33 Å². The van der Waals surface area contributed by atoms with Crippen molar-refractivity contribution in [2.45, 2.75) is 18.9 Å². The van der Waals surface area contributed by atoms with Crippen LogP contribution in [-0.4, -0.2) is 33.1 Å². The van der Waals surface area contributed by atoms with Crippen LogP contribution in [0.4, 0.5) is 5.69 Å². The van der Waals surface area contributed by atoms with E-state index in [0.29, 0.717) is 17.1 Å². The minimum Gasteiger partial charge on any atom is -0.462 e. The molecule has 142 valence electrons. The number of rotatable bonds is 4. The van der Waals surface area contributed by atoms with Crippen molar-refractivity contribution < 1.29 is 14.3 Å². The zero-order valence-electron chi connectivity index (χ0n) is 15.6. The quantitative estimate of drug-likeness (QED) is 0.704. The molecule has 0 saturated carbocycles. The minimum absolute atomic E-state index is 0.178. The van der Waals surface area contributed by atoms with E-state index in [9.17, 15) is 9.59 Å². The first-order chi connectivity index (χ1) is 13.6. The molecule has 0 aliphatic carbocycles. The molecule has 7 heteroatoms. The molecular formula is C21H20N4O3. The fraction of sp³-hybridized carbons (Fsp3) is 0.238. The number of aromatic nitrogens is 3. The lowest BCUT2D eigenvalue weighted by molar-refractivity contribution is 0.0522. The van der Waals surface area contributed by atoms with Crippen molar-refractivity contribution in [1.82, 2.24) is 14.8 Å². The van der Waals surface area contributed by atoms with Crippen molar-refractivity contribution in [2.24, 2.45) is 7.05 Å². The molecule has 2 atom stereocenters. The summed E-state index contributed by atoms with van der Waals surface area (Å²) in [6.45, 7) is 1.98. The molecule has 1 aromatic heterocycles. The molecule has 0 radical (unpaired) electrons. The number of ketones is 1. The number of nitrogens with one attached hydrogen (secondary N) is 1. The predicted molar refractivity (Wildman–Crippen MR) is 103 cm³/mol.